The second kappa shape index (κ2) is 12.3. The lowest BCUT2D eigenvalue weighted by molar-refractivity contribution is -0.252. The van der Waals surface area contributed by atoms with Gasteiger partial charge < -0.3 is 10.2 Å². The van der Waals surface area contributed by atoms with Crippen molar-refractivity contribution in [2.75, 3.05) is 13.2 Å². The van der Waals surface area contributed by atoms with Gasteiger partial charge in [-0.1, -0.05) is 73.5 Å². The highest BCUT2D eigenvalue weighted by molar-refractivity contribution is 5.20. The predicted molar refractivity (Wildman–Crippen MR) is 163 cm³/mol. The molecule has 0 unspecified atom stereocenters. The maximum atomic E-state index is 9.80. The Bertz CT molecular complexity index is 1070. The third kappa shape index (κ3) is 5.06. The summed E-state index contributed by atoms with van der Waals surface area (Å²) < 4.78 is 0. The van der Waals surface area contributed by atoms with Crippen molar-refractivity contribution in [3.05, 3.63) is 71.8 Å². The summed E-state index contributed by atoms with van der Waals surface area (Å²) in [6.45, 7) is 0.616. The van der Waals surface area contributed by atoms with Gasteiger partial charge in [-0.3, -0.25) is 9.68 Å². The zero-order valence-electron chi connectivity index (χ0n) is 25.2. The van der Waals surface area contributed by atoms with Crippen molar-refractivity contribution in [1.82, 2.24) is 10.1 Å². The molecule has 0 amide bonds. The molecule has 6 aliphatic rings. The molecule has 2 saturated carbocycles. The Labute approximate surface area is 251 Å². The van der Waals surface area contributed by atoms with Crippen molar-refractivity contribution in [3.63, 3.8) is 0 Å². The van der Waals surface area contributed by atoms with E-state index < -0.39 is 0 Å². The van der Waals surface area contributed by atoms with E-state index >= 15 is 0 Å². The minimum atomic E-state index is 0.112. The van der Waals surface area contributed by atoms with Crippen molar-refractivity contribution < 1.29 is 19.9 Å². The van der Waals surface area contributed by atoms with Crippen LogP contribution >= 0.6 is 0 Å². The van der Waals surface area contributed by atoms with E-state index in [4.69, 9.17) is 9.68 Å². The first-order valence-corrected chi connectivity index (χ1v) is 16.9. The van der Waals surface area contributed by atoms with Gasteiger partial charge in [0.1, 0.15) is 12.2 Å². The highest BCUT2D eigenvalue weighted by Crippen LogP contribution is 2.54. The number of hydrogen-bond acceptors (Lipinski definition) is 6. The molecule has 228 valence electrons. The van der Waals surface area contributed by atoms with Crippen molar-refractivity contribution in [2.45, 2.75) is 125 Å². The molecule has 8 atom stereocenters. The van der Waals surface area contributed by atoms with E-state index in [9.17, 15) is 10.2 Å². The molecule has 0 aromatic heterocycles. The Morgan fingerprint density at radius 2 is 0.952 bits per heavy atom. The van der Waals surface area contributed by atoms with Crippen molar-refractivity contribution in [2.24, 2.45) is 11.8 Å². The lowest BCUT2D eigenvalue weighted by Crippen LogP contribution is -2.56. The zero-order chi connectivity index (χ0) is 28.6. The van der Waals surface area contributed by atoms with E-state index in [1.165, 1.54) is 75.3 Å². The van der Waals surface area contributed by atoms with E-state index in [0.717, 1.165) is 25.7 Å². The number of fused-ring (bicyclic) bond motifs is 4. The Balaban J connectivity index is 0.000000137. The Morgan fingerprint density at radius 1 is 0.571 bits per heavy atom. The fourth-order valence-electron chi connectivity index (χ4n) is 9.88. The first-order chi connectivity index (χ1) is 20.7. The Morgan fingerprint density at radius 3 is 1.33 bits per heavy atom. The minimum absolute atomic E-state index is 0.112. The Hall–Kier alpha value is -1.80. The third-order valence-corrected chi connectivity index (χ3v) is 11.9. The van der Waals surface area contributed by atoms with Gasteiger partial charge in [0.25, 0.3) is 0 Å². The lowest BCUT2D eigenvalue weighted by Gasteiger charge is -2.48. The molecule has 6 heteroatoms. The summed E-state index contributed by atoms with van der Waals surface area (Å²) >= 11 is 0. The van der Waals surface area contributed by atoms with Crippen LogP contribution in [0.25, 0.3) is 0 Å². The largest absolute Gasteiger partial charge is 0.396 e. The summed E-state index contributed by atoms with van der Waals surface area (Å²) in [5.74, 6) is 0.796. The summed E-state index contributed by atoms with van der Waals surface area (Å²) in [7, 11) is 0. The molecule has 6 fully saturated rings. The zero-order valence-corrected chi connectivity index (χ0v) is 25.2. The lowest BCUT2D eigenvalue weighted by atomic mass is 9.77. The maximum Gasteiger partial charge on any atom is 0.106 e. The van der Waals surface area contributed by atoms with Gasteiger partial charge in [0, 0.05) is 37.1 Å². The van der Waals surface area contributed by atoms with E-state index in [2.05, 4.69) is 70.8 Å². The molecule has 42 heavy (non-hydrogen) atoms. The van der Waals surface area contributed by atoms with Crippen LogP contribution in [0.15, 0.2) is 60.7 Å². The van der Waals surface area contributed by atoms with Crippen molar-refractivity contribution >= 4 is 0 Å². The number of nitrogens with zero attached hydrogens (tertiary/aromatic N) is 2. The van der Waals surface area contributed by atoms with Gasteiger partial charge >= 0.3 is 0 Å². The summed E-state index contributed by atoms with van der Waals surface area (Å²) in [4.78, 5) is 12.9. The average molecular weight is 575 g/mol. The highest BCUT2D eigenvalue weighted by atomic mass is 16.7. The van der Waals surface area contributed by atoms with Crippen LogP contribution < -0.4 is 0 Å². The van der Waals surface area contributed by atoms with Crippen LogP contribution in [0.2, 0.25) is 0 Å². The van der Waals surface area contributed by atoms with Gasteiger partial charge in [-0.05, 0) is 88.2 Å². The Kier molecular flexibility index (Phi) is 8.47. The molecule has 0 radical (unpaired) electrons. The van der Waals surface area contributed by atoms with Gasteiger partial charge in [0.2, 0.25) is 0 Å². The predicted octanol–water partition coefficient (Wildman–Crippen LogP) is 6.90. The molecular formula is C36H50N2O4. The van der Waals surface area contributed by atoms with E-state index in [0.29, 0.717) is 37.1 Å². The highest BCUT2D eigenvalue weighted by Gasteiger charge is 2.56. The van der Waals surface area contributed by atoms with Crippen LogP contribution in [0.1, 0.15) is 113 Å². The molecule has 8 rings (SSSR count). The first-order valence-electron chi connectivity index (χ1n) is 16.9. The second-order valence-corrected chi connectivity index (χ2v) is 14.0. The first kappa shape index (κ1) is 28.9. The van der Waals surface area contributed by atoms with Crippen LogP contribution in [0.3, 0.4) is 0 Å². The number of aliphatic hydroxyl groups excluding tert-OH is 2. The van der Waals surface area contributed by atoms with E-state index in [1.54, 1.807) is 0 Å². The molecule has 0 bridgehead atoms. The van der Waals surface area contributed by atoms with E-state index in [-0.39, 0.29) is 23.3 Å². The SMILES string of the molecule is OC[C@@H]1CCC[C@@]12CCC[C@@H]1C[C@@H](c3ccccc3)ON12.OC[C@H]1CCC[C@]12CCC[C@H]1C[C@H](c3ccccc3)ON12. The van der Waals surface area contributed by atoms with Crippen molar-refractivity contribution in [3.8, 4) is 0 Å². The normalized spacial score (nSPS) is 39.8. The molecule has 2 aromatic rings. The van der Waals surface area contributed by atoms with Crippen molar-refractivity contribution in [1.29, 1.82) is 0 Å². The number of aliphatic hydroxyl groups is 2. The van der Waals surface area contributed by atoms with Gasteiger partial charge in [-0.25, -0.2) is 0 Å². The standard InChI is InChI=1S/2C18H25NO2/c2*20-13-15-8-4-10-18(15)11-5-9-16-12-17(21-19(16)18)14-6-2-1-3-7-14/h2*1-3,6-7,15-17,20H,4-5,8-13H2/t2*15-,16+,17-,18+/m10/s1. The monoisotopic (exact) mass is 574 g/mol. The molecule has 2 N–H and O–H groups in total. The fourth-order valence-corrected chi connectivity index (χ4v) is 9.88. The van der Waals surface area contributed by atoms with Gasteiger partial charge in [0.15, 0.2) is 0 Å². The maximum absolute atomic E-state index is 9.80. The minimum Gasteiger partial charge on any atom is -0.396 e. The third-order valence-electron chi connectivity index (χ3n) is 11.9. The molecular weight excluding hydrogens is 524 g/mol. The van der Waals surface area contributed by atoms with Crippen LogP contribution in [-0.4, -0.2) is 56.7 Å². The molecule has 4 aliphatic heterocycles. The summed E-state index contributed by atoms with van der Waals surface area (Å²) in [6, 6.07) is 22.3. The molecule has 4 heterocycles. The van der Waals surface area contributed by atoms with E-state index in [1.807, 2.05) is 0 Å². The number of rotatable bonds is 4. The number of benzene rings is 2. The topological polar surface area (TPSA) is 65.4 Å². The summed E-state index contributed by atoms with van der Waals surface area (Å²) in [5.41, 5.74) is 2.81. The molecule has 4 saturated heterocycles. The van der Waals surface area contributed by atoms with Crippen LogP contribution in [0.5, 0.6) is 0 Å². The van der Waals surface area contributed by atoms with Crippen LogP contribution in [0.4, 0.5) is 0 Å². The summed E-state index contributed by atoms with van der Waals surface area (Å²) in [6.07, 6.45) is 17.2. The smallest absolute Gasteiger partial charge is 0.106 e. The fraction of sp³-hybridized carbons (Fsp3) is 0.667. The molecule has 6 nitrogen and oxygen atoms in total. The molecule has 2 spiro atoms. The van der Waals surface area contributed by atoms with Gasteiger partial charge in [0.05, 0.1) is 11.1 Å². The van der Waals surface area contributed by atoms with Gasteiger partial charge in [-0.2, -0.15) is 10.1 Å². The van der Waals surface area contributed by atoms with Gasteiger partial charge in [-0.15, -0.1) is 0 Å². The number of piperidine rings is 2. The molecule has 2 aliphatic carbocycles. The number of hydrogen-bond donors (Lipinski definition) is 2. The molecule has 2 aromatic carbocycles. The van der Waals surface area contributed by atoms with Crippen LogP contribution in [-0.2, 0) is 9.68 Å². The summed E-state index contributed by atoms with van der Waals surface area (Å²) in [5, 5.41) is 24.3. The average Bonchev–Trinajstić information content (AvgIpc) is 3.84. The number of hydroxylamine groups is 4. The quantitative estimate of drug-likeness (QED) is 0.414. The van der Waals surface area contributed by atoms with Crippen LogP contribution in [0, 0.1) is 11.8 Å². The second-order valence-electron chi connectivity index (χ2n) is 14.0.